The third-order valence-electron chi connectivity index (χ3n) is 3.23. The molecule has 2 aromatic heterocycles. The molecule has 1 aromatic carbocycles. The molecule has 7 heteroatoms. The summed E-state index contributed by atoms with van der Waals surface area (Å²) < 4.78 is 5.55. The number of aromatic amines is 2. The number of rotatable bonds is 3. The number of hydrogen-bond donors (Lipinski definition) is 2. The molecule has 0 fully saturated rings. The number of aryl methyl sites for hydroxylation is 1. The van der Waals surface area contributed by atoms with E-state index in [2.05, 4.69) is 9.97 Å². The van der Waals surface area contributed by atoms with Crippen LogP contribution in [0.2, 0.25) is 0 Å². The molecule has 0 aliphatic heterocycles. The molecule has 0 spiro atoms. The highest BCUT2D eigenvalue weighted by molar-refractivity contribution is 7.71. The lowest BCUT2D eigenvalue weighted by Crippen LogP contribution is -2.08. The predicted octanol–water partition coefficient (Wildman–Crippen LogP) is 3.31. The number of carbonyl (C=O) groups excluding carboxylic acids is 1. The summed E-state index contributed by atoms with van der Waals surface area (Å²) in [5, 5.41) is 0.449. The van der Waals surface area contributed by atoms with E-state index in [4.69, 9.17) is 17.0 Å². The fourth-order valence-electron chi connectivity index (χ4n) is 2.16. The lowest BCUT2D eigenvalue weighted by molar-refractivity contribution is 0.0478. The Morgan fingerprint density at radius 3 is 2.73 bits per heavy atom. The van der Waals surface area contributed by atoms with Crippen molar-refractivity contribution in [2.75, 3.05) is 0 Å². The summed E-state index contributed by atoms with van der Waals surface area (Å²) in [5.74, 6) is -0.443. The van der Waals surface area contributed by atoms with Crippen LogP contribution in [0.4, 0.5) is 0 Å². The largest absolute Gasteiger partial charge is 0.457 e. The molecule has 3 aromatic rings. The van der Waals surface area contributed by atoms with Crippen LogP contribution in [0.1, 0.15) is 20.8 Å². The van der Waals surface area contributed by atoms with Gasteiger partial charge in [0, 0.05) is 0 Å². The Labute approximate surface area is 134 Å². The van der Waals surface area contributed by atoms with Crippen molar-refractivity contribution in [3.63, 3.8) is 0 Å². The average molecular weight is 332 g/mol. The third-order valence-corrected chi connectivity index (χ3v) is 4.62. The van der Waals surface area contributed by atoms with Gasteiger partial charge in [0.15, 0.2) is 4.77 Å². The molecule has 2 heterocycles. The zero-order chi connectivity index (χ0) is 15.7. The van der Waals surface area contributed by atoms with Crippen LogP contribution in [-0.2, 0) is 11.3 Å². The van der Waals surface area contributed by atoms with E-state index in [-0.39, 0.29) is 16.9 Å². The first kappa shape index (κ1) is 14.7. The summed E-state index contributed by atoms with van der Waals surface area (Å²) in [7, 11) is 0. The van der Waals surface area contributed by atoms with Crippen molar-refractivity contribution in [2.45, 2.75) is 13.5 Å². The maximum absolute atomic E-state index is 12.2. The number of hydrogen-bond acceptors (Lipinski definition) is 5. The van der Waals surface area contributed by atoms with Crippen LogP contribution in [-0.4, -0.2) is 15.9 Å². The number of benzene rings is 1. The van der Waals surface area contributed by atoms with Gasteiger partial charge in [0.25, 0.3) is 5.56 Å². The standard InChI is InChI=1S/C15H12N2O3S2/c1-8-10-12(18)16-15(21)17-13(10)22-11(8)14(19)20-7-9-5-3-2-4-6-9/h2-6H,7H2,1H3,(H2,16,17,18,21). The molecule has 5 nitrogen and oxygen atoms in total. The monoisotopic (exact) mass is 332 g/mol. The van der Waals surface area contributed by atoms with Crippen LogP contribution in [0.15, 0.2) is 35.1 Å². The zero-order valence-electron chi connectivity index (χ0n) is 11.6. The van der Waals surface area contributed by atoms with Crippen LogP contribution in [0, 0.1) is 11.7 Å². The van der Waals surface area contributed by atoms with E-state index in [1.807, 2.05) is 30.3 Å². The van der Waals surface area contributed by atoms with Crippen LogP contribution >= 0.6 is 23.6 Å². The molecule has 22 heavy (non-hydrogen) atoms. The second kappa shape index (κ2) is 5.86. The molecule has 0 aliphatic carbocycles. The Morgan fingerprint density at radius 2 is 2.00 bits per heavy atom. The number of thiophene rings is 1. The Morgan fingerprint density at radius 1 is 1.27 bits per heavy atom. The summed E-state index contributed by atoms with van der Waals surface area (Å²) >= 11 is 6.12. The molecule has 0 saturated heterocycles. The van der Waals surface area contributed by atoms with E-state index < -0.39 is 5.97 Å². The van der Waals surface area contributed by atoms with E-state index in [9.17, 15) is 9.59 Å². The third kappa shape index (κ3) is 2.72. The van der Waals surface area contributed by atoms with Crippen molar-refractivity contribution in [2.24, 2.45) is 0 Å². The first-order valence-electron chi connectivity index (χ1n) is 6.53. The van der Waals surface area contributed by atoms with Crippen molar-refractivity contribution in [3.8, 4) is 0 Å². The maximum atomic E-state index is 12.2. The minimum absolute atomic E-state index is 0.194. The Bertz CT molecular complexity index is 954. The Hall–Kier alpha value is -2.25. The molecule has 0 saturated carbocycles. The van der Waals surface area contributed by atoms with Crippen LogP contribution < -0.4 is 5.56 Å². The quantitative estimate of drug-likeness (QED) is 0.570. The van der Waals surface area contributed by atoms with Crippen molar-refractivity contribution in [1.82, 2.24) is 9.97 Å². The van der Waals surface area contributed by atoms with Gasteiger partial charge >= 0.3 is 5.97 Å². The van der Waals surface area contributed by atoms with Gasteiger partial charge in [0.1, 0.15) is 16.3 Å². The summed E-state index contributed by atoms with van der Waals surface area (Å²) in [6, 6.07) is 9.43. The van der Waals surface area contributed by atoms with Crippen LogP contribution in [0.3, 0.4) is 0 Å². The van der Waals surface area contributed by atoms with Gasteiger partial charge in [-0.2, -0.15) is 0 Å². The summed E-state index contributed by atoms with van der Waals surface area (Å²) in [5.41, 5.74) is 1.21. The molecular weight excluding hydrogens is 320 g/mol. The van der Waals surface area contributed by atoms with Crippen molar-refractivity contribution < 1.29 is 9.53 Å². The number of esters is 1. The molecule has 0 radical (unpaired) electrons. The van der Waals surface area contributed by atoms with Crippen molar-refractivity contribution in [1.29, 1.82) is 0 Å². The topological polar surface area (TPSA) is 75.0 Å². The van der Waals surface area contributed by atoms with Gasteiger partial charge in [-0.25, -0.2) is 4.79 Å². The molecule has 2 N–H and O–H groups in total. The average Bonchev–Trinajstić information content (AvgIpc) is 2.83. The van der Waals surface area contributed by atoms with Gasteiger partial charge in [-0.3, -0.25) is 9.78 Å². The smallest absolute Gasteiger partial charge is 0.349 e. The second-order valence-electron chi connectivity index (χ2n) is 4.73. The summed E-state index contributed by atoms with van der Waals surface area (Å²) in [4.78, 5) is 30.6. The van der Waals surface area contributed by atoms with E-state index in [0.717, 1.165) is 5.56 Å². The Kier molecular flexibility index (Phi) is 3.91. The maximum Gasteiger partial charge on any atom is 0.349 e. The highest BCUT2D eigenvalue weighted by Crippen LogP contribution is 2.27. The molecule has 0 unspecified atom stereocenters. The van der Waals surface area contributed by atoms with Gasteiger partial charge < -0.3 is 9.72 Å². The molecule has 112 valence electrons. The Balaban J connectivity index is 1.91. The zero-order valence-corrected chi connectivity index (χ0v) is 13.3. The van der Waals surface area contributed by atoms with E-state index in [1.165, 1.54) is 11.3 Å². The molecule has 0 amide bonds. The lowest BCUT2D eigenvalue weighted by atomic mass is 10.2. The number of fused-ring (bicyclic) bond motifs is 1. The highest BCUT2D eigenvalue weighted by atomic mass is 32.1. The minimum atomic E-state index is -0.443. The van der Waals surface area contributed by atoms with E-state index >= 15 is 0 Å². The van der Waals surface area contributed by atoms with Crippen molar-refractivity contribution >= 4 is 39.7 Å². The fraction of sp³-hybridized carbons (Fsp3) is 0.133. The SMILES string of the molecule is Cc1c(C(=O)OCc2ccccc2)sc2[nH]c(=S)[nH]c(=O)c12. The van der Waals surface area contributed by atoms with Gasteiger partial charge in [-0.1, -0.05) is 30.3 Å². The summed E-state index contributed by atoms with van der Waals surface area (Å²) in [6.45, 7) is 1.92. The highest BCUT2D eigenvalue weighted by Gasteiger charge is 2.19. The molecule has 0 bridgehead atoms. The minimum Gasteiger partial charge on any atom is -0.457 e. The number of carbonyl (C=O) groups is 1. The fourth-order valence-corrected chi connectivity index (χ4v) is 3.52. The van der Waals surface area contributed by atoms with Crippen molar-refractivity contribution in [3.05, 3.63) is 61.5 Å². The second-order valence-corrected chi connectivity index (χ2v) is 6.16. The lowest BCUT2D eigenvalue weighted by Gasteiger charge is -2.03. The van der Waals surface area contributed by atoms with Gasteiger partial charge in [0.2, 0.25) is 0 Å². The number of nitrogens with one attached hydrogen (secondary N) is 2. The van der Waals surface area contributed by atoms with Gasteiger partial charge in [0.05, 0.1) is 5.39 Å². The van der Waals surface area contributed by atoms with Gasteiger partial charge in [-0.15, -0.1) is 11.3 Å². The first-order valence-corrected chi connectivity index (χ1v) is 7.75. The van der Waals surface area contributed by atoms with E-state index in [0.29, 0.717) is 20.7 Å². The molecule has 0 aliphatic rings. The number of H-pyrrole nitrogens is 2. The van der Waals surface area contributed by atoms with Gasteiger partial charge in [-0.05, 0) is 30.3 Å². The molecule has 0 atom stereocenters. The summed E-state index contributed by atoms with van der Waals surface area (Å²) in [6.07, 6.45) is 0. The normalized spacial score (nSPS) is 10.8. The number of ether oxygens (including phenoxy) is 1. The molecular formula is C15H12N2O3S2. The van der Waals surface area contributed by atoms with E-state index in [1.54, 1.807) is 6.92 Å². The van der Waals surface area contributed by atoms with Crippen LogP contribution in [0.25, 0.3) is 10.2 Å². The predicted molar refractivity (Wildman–Crippen MR) is 87.9 cm³/mol. The molecule has 3 rings (SSSR count). The van der Waals surface area contributed by atoms with Crippen LogP contribution in [0.5, 0.6) is 0 Å². The first-order chi connectivity index (χ1) is 10.6. The number of aromatic nitrogens is 2.